The van der Waals surface area contributed by atoms with Gasteiger partial charge in [0.25, 0.3) is 0 Å². The molecule has 1 N–H and O–H groups in total. The molecule has 3 aliphatic rings. The number of carbonyl (C=O) groups is 2. The number of unbranched alkanes of at least 4 members (excludes halogenated alkanes) is 2. The summed E-state index contributed by atoms with van der Waals surface area (Å²) >= 11 is 0. The Morgan fingerprint density at radius 2 is 1.97 bits per heavy atom. The largest absolute Gasteiger partial charge is 0.482 e. The van der Waals surface area contributed by atoms with Gasteiger partial charge < -0.3 is 19.3 Å². The van der Waals surface area contributed by atoms with Crippen molar-refractivity contribution in [3.63, 3.8) is 0 Å². The molecular formula is C28H40O6. The molecule has 3 aliphatic carbocycles. The molecule has 5 atom stereocenters. The highest BCUT2D eigenvalue weighted by Gasteiger charge is 2.48. The number of aliphatic hydroxyl groups is 1. The van der Waals surface area contributed by atoms with Crippen LogP contribution in [0.5, 0.6) is 5.75 Å². The number of rotatable bonds is 12. The van der Waals surface area contributed by atoms with Gasteiger partial charge in [0, 0.05) is 0 Å². The first-order chi connectivity index (χ1) is 16.5. The van der Waals surface area contributed by atoms with Crippen LogP contribution in [0, 0.1) is 23.7 Å². The van der Waals surface area contributed by atoms with Crippen LogP contribution in [0.3, 0.4) is 0 Å². The lowest BCUT2D eigenvalue weighted by Crippen LogP contribution is -2.30. The molecule has 0 spiro atoms. The molecule has 1 aromatic carbocycles. The predicted octanol–water partition coefficient (Wildman–Crippen LogP) is 4.63. The Morgan fingerprint density at radius 3 is 2.71 bits per heavy atom. The number of ether oxygens (including phenoxy) is 3. The zero-order valence-electron chi connectivity index (χ0n) is 20.7. The number of methoxy groups -OCH3 is 1. The fraction of sp³-hybridized carbons (Fsp3) is 0.714. The van der Waals surface area contributed by atoms with Crippen LogP contribution < -0.4 is 4.74 Å². The van der Waals surface area contributed by atoms with Crippen LogP contribution in [0.4, 0.5) is 0 Å². The first kappa shape index (κ1) is 25.0. The van der Waals surface area contributed by atoms with E-state index in [0.717, 1.165) is 76.4 Å². The molecular weight excluding hydrogens is 432 g/mol. The molecule has 1 aromatic rings. The van der Waals surface area contributed by atoms with Crippen LogP contribution in [-0.2, 0) is 31.9 Å². The van der Waals surface area contributed by atoms with Gasteiger partial charge in [-0.15, -0.1) is 0 Å². The number of aliphatic hydroxyl groups excluding tert-OH is 1. The smallest absolute Gasteiger partial charge is 0.343 e. The van der Waals surface area contributed by atoms with Gasteiger partial charge in [0.15, 0.2) is 6.61 Å². The maximum atomic E-state index is 12.5. The first-order valence-corrected chi connectivity index (χ1v) is 13.2. The second-order valence-corrected chi connectivity index (χ2v) is 10.5. The summed E-state index contributed by atoms with van der Waals surface area (Å²) in [7, 11) is 1.36. The summed E-state index contributed by atoms with van der Waals surface area (Å²) in [4.78, 5) is 24.1. The van der Waals surface area contributed by atoms with Gasteiger partial charge >= 0.3 is 11.9 Å². The van der Waals surface area contributed by atoms with E-state index in [2.05, 4.69) is 13.0 Å². The number of fused-ring (bicyclic) bond motifs is 2. The van der Waals surface area contributed by atoms with Crippen LogP contribution >= 0.6 is 0 Å². The van der Waals surface area contributed by atoms with Crippen molar-refractivity contribution in [2.45, 2.75) is 89.8 Å². The number of esters is 2. The predicted molar refractivity (Wildman–Crippen MR) is 128 cm³/mol. The summed E-state index contributed by atoms with van der Waals surface area (Å²) in [5, 5.41) is 10.6. The molecule has 1 unspecified atom stereocenters. The van der Waals surface area contributed by atoms with E-state index in [0.29, 0.717) is 11.8 Å². The minimum absolute atomic E-state index is 0.0308. The Hall–Kier alpha value is -2.08. The molecule has 4 rings (SSSR count). The molecule has 0 bridgehead atoms. The molecule has 2 fully saturated rings. The Bertz CT molecular complexity index is 847. The highest BCUT2D eigenvalue weighted by atomic mass is 16.6. The molecule has 6 nitrogen and oxygen atoms in total. The van der Waals surface area contributed by atoms with Crippen molar-refractivity contribution in [2.24, 2.45) is 23.7 Å². The van der Waals surface area contributed by atoms with E-state index in [1.54, 1.807) is 0 Å². The Balaban J connectivity index is 1.45. The van der Waals surface area contributed by atoms with E-state index in [1.165, 1.54) is 18.2 Å². The molecule has 2 saturated carbocycles. The van der Waals surface area contributed by atoms with Crippen molar-refractivity contribution in [1.82, 2.24) is 0 Å². The molecule has 0 amide bonds. The number of benzene rings is 1. The lowest BCUT2D eigenvalue weighted by molar-refractivity contribution is -0.153. The average molecular weight is 473 g/mol. The van der Waals surface area contributed by atoms with E-state index in [-0.39, 0.29) is 36.6 Å². The van der Waals surface area contributed by atoms with Gasteiger partial charge in [-0.1, -0.05) is 38.3 Å². The van der Waals surface area contributed by atoms with E-state index in [9.17, 15) is 14.7 Å². The summed E-state index contributed by atoms with van der Waals surface area (Å²) in [6, 6.07) is 6.06. The van der Waals surface area contributed by atoms with Crippen LogP contribution in [0.1, 0.15) is 75.8 Å². The van der Waals surface area contributed by atoms with Crippen molar-refractivity contribution in [1.29, 1.82) is 0 Å². The van der Waals surface area contributed by atoms with Crippen LogP contribution in [0.15, 0.2) is 18.2 Å². The molecule has 0 radical (unpaired) electrons. The molecule has 34 heavy (non-hydrogen) atoms. The van der Waals surface area contributed by atoms with Crippen molar-refractivity contribution in [2.75, 3.05) is 13.7 Å². The van der Waals surface area contributed by atoms with Crippen molar-refractivity contribution in [3.8, 4) is 5.75 Å². The third-order valence-electron chi connectivity index (χ3n) is 8.05. The van der Waals surface area contributed by atoms with Crippen molar-refractivity contribution < 1.29 is 28.9 Å². The normalized spacial score (nSPS) is 26.3. The Labute approximate surface area is 203 Å². The minimum Gasteiger partial charge on any atom is -0.482 e. The molecule has 188 valence electrons. The zero-order chi connectivity index (χ0) is 24.1. The minimum atomic E-state index is -0.392. The van der Waals surface area contributed by atoms with Gasteiger partial charge in [-0.25, -0.2) is 4.79 Å². The summed E-state index contributed by atoms with van der Waals surface area (Å²) in [5.41, 5.74) is 2.42. The van der Waals surface area contributed by atoms with Gasteiger partial charge in [-0.2, -0.15) is 0 Å². The summed E-state index contributed by atoms with van der Waals surface area (Å²) < 4.78 is 16.6. The standard InChI is InChI=1S/C28H40O6/c1-3-4-5-8-21(29)12-13-22-23-14-19-7-6-9-25(33-17-27(30)32-2)24(19)15-20(23)16-26(22)34-28(31)18-10-11-18/h6-7,9,18,20-23,26,29H,3-5,8,10-17H2,1-2H3/t20-,21+,22?,23-,26+/m0/s1. The summed E-state index contributed by atoms with van der Waals surface area (Å²) in [6.45, 7) is 2.08. The lowest BCUT2D eigenvalue weighted by Gasteiger charge is -2.32. The highest BCUT2D eigenvalue weighted by Crippen LogP contribution is 2.50. The van der Waals surface area contributed by atoms with E-state index >= 15 is 0 Å². The third-order valence-corrected chi connectivity index (χ3v) is 8.05. The maximum absolute atomic E-state index is 12.5. The molecule has 0 aromatic heterocycles. The van der Waals surface area contributed by atoms with E-state index in [4.69, 9.17) is 14.2 Å². The van der Waals surface area contributed by atoms with E-state index < -0.39 is 5.97 Å². The van der Waals surface area contributed by atoms with Crippen LogP contribution in [0.2, 0.25) is 0 Å². The lowest BCUT2D eigenvalue weighted by atomic mass is 9.73. The average Bonchev–Trinajstić information content (AvgIpc) is 3.63. The topological polar surface area (TPSA) is 82.1 Å². The van der Waals surface area contributed by atoms with E-state index in [1.807, 2.05) is 12.1 Å². The maximum Gasteiger partial charge on any atom is 0.343 e. The molecule has 0 heterocycles. The molecule has 0 aliphatic heterocycles. The first-order valence-electron chi connectivity index (χ1n) is 13.2. The SMILES string of the molecule is CCCCC[C@@H](O)CCC1[C@H]2Cc3cccc(OCC(=O)OC)c3C[C@H]2C[C@H]1OC(=O)C1CC1. The second kappa shape index (κ2) is 11.6. The zero-order valence-corrected chi connectivity index (χ0v) is 20.7. The van der Waals surface area contributed by atoms with Crippen molar-refractivity contribution >= 4 is 11.9 Å². The monoisotopic (exact) mass is 472 g/mol. The highest BCUT2D eigenvalue weighted by molar-refractivity contribution is 5.75. The second-order valence-electron chi connectivity index (χ2n) is 10.5. The number of hydrogen-bond acceptors (Lipinski definition) is 6. The fourth-order valence-electron chi connectivity index (χ4n) is 5.97. The van der Waals surface area contributed by atoms with Gasteiger partial charge in [0.2, 0.25) is 0 Å². The summed E-state index contributed by atoms with van der Waals surface area (Å²) in [5.74, 6) is 1.55. The van der Waals surface area contributed by atoms with Crippen molar-refractivity contribution in [3.05, 3.63) is 29.3 Å². The fourth-order valence-corrected chi connectivity index (χ4v) is 5.97. The number of hydrogen-bond donors (Lipinski definition) is 1. The van der Waals surface area contributed by atoms with Crippen LogP contribution in [0.25, 0.3) is 0 Å². The summed E-state index contributed by atoms with van der Waals surface area (Å²) in [6.07, 6.45) is 10.1. The quantitative estimate of drug-likeness (QED) is 0.353. The third kappa shape index (κ3) is 6.12. The number of carbonyl (C=O) groups excluding carboxylic acids is 2. The van der Waals surface area contributed by atoms with Gasteiger partial charge in [0.1, 0.15) is 11.9 Å². The van der Waals surface area contributed by atoms with Crippen LogP contribution in [-0.4, -0.2) is 43.0 Å². The molecule has 0 saturated heterocycles. The Morgan fingerprint density at radius 1 is 1.15 bits per heavy atom. The van der Waals surface area contributed by atoms with Gasteiger partial charge in [0.05, 0.1) is 19.1 Å². The van der Waals surface area contributed by atoms with Gasteiger partial charge in [-0.3, -0.25) is 4.79 Å². The molecule has 6 heteroatoms. The Kier molecular flexibility index (Phi) is 8.51. The van der Waals surface area contributed by atoms with Gasteiger partial charge in [-0.05, 0) is 86.3 Å².